The number of rotatable bonds is 10. The molecule has 1 amide bonds. The van der Waals surface area contributed by atoms with Gasteiger partial charge in [-0.1, -0.05) is 0 Å². The molecule has 0 bridgehead atoms. The molecule has 10 heteroatoms. The molecule has 0 radical (unpaired) electrons. The van der Waals surface area contributed by atoms with E-state index in [0.29, 0.717) is 11.4 Å². The summed E-state index contributed by atoms with van der Waals surface area (Å²) in [5.74, 6) is 0.215. The van der Waals surface area contributed by atoms with Gasteiger partial charge in [-0.3, -0.25) is 9.48 Å². The van der Waals surface area contributed by atoms with Crippen LogP contribution >= 0.6 is 0 Å². The van der Waals surface area contributed by atoms with E-state index < -0.39 is 10.0 Å². The predicted octanol–water partition coefficient (Wildman–Crippen LogP) is 1.26. The van der Waals surface area contributed by atoms with Crippen LogP contribution in [0.1, 0.15) is 16.1 Å². The Morgan fingerprint density at radius 2 is 1.71 bits per heavy atom. The van der Waals surface area contributed by atoms with Crippen molar-refractivity contribution >= 4 is 21.7 Å². The van der Waals surface area contributed by atoms with Crippen LogP contribution in [0, 0.1) is 6.92 Å². The van der Waals surface area contributed by atoms with Crippen molar-refractivity contribution < 1.29 is 22.7 Å². The lowest BCUT2D eigenvalue weighted by molar-refractivity contribution is 0.102. The number of hydrogen-bond donors (Lipinski definition) is 1. The first-order chi connectivity index (χ1) is 13.3. The van der Waals surface area contributed by atoms with Crippen LogP contribution in [0.4, 0.5) is 5.82 Å². The van der Waals surface area contributed by atoms with Crippen LogP contribution in [0.15, 0.2) is 35.2 Å². The Morgan fingerprint density at radius 3 is 2.18 bits per heavy atom. The van der Waals surface area contributed by atoms with E-state index in [0.717, 1.165) is 5.69 Å². The van der Waals surface area contributed by atoms with Crippen LogP contribution in [-0.2, 0) is 26.5 Å². The molecule has 0 aliphatic rings. The van der Waals surface area contributed by atoms with Crippen LogP contribution in [0.25, 0.3) is 0 Å². The summed E-state index contributed by atoms with van der Waals surface area (Å²) in [6.07, 6.45) is 0. The van der Waals surface area contributed by atoms with Gasteiger partial charge in [-0.25, -0.2) is 8.42 Å². The minimum atomic E-state index is -3.72. The number of nitrogens with zero attached hydrogens (tertiary/aromatic N) is 3. The van der Waals surface area contributed by atoms with Crippen molar-refractivity contribution in [2.24, 2.45) is 7.05 Å². The maximum absolute atomic E-state index is 12.9. The number of aryl methyl sites for hydroxylation is 2. The molecular weight excluding hydrogens is 384 g/mol. The van der Waals surface area contributed by atoms with Gasteiger partial charge in [0.15, 0.2) is 0 Å². The largest absolute Gasteiger partial charge is 0.383 e. The normalized spacial score (nSPS) is 11.8. The zero-order valence-corrected chi connectivity index (χ0v) is 17.3. The molecule has 154 valence electrons. The van der Waals surface area contributed by atoms with Crippen molar-refractivity contribution in [2.45, 2.75) is 11.8 Å². The second-order valence-electron chi connectivity index (χ2n) is 6.16. The summed E-state index contributed by atoms with van der Waals surface area (Å²) in [5.41, 5.74) is 1.13. The van der Waals surface area contributed by atoms with E-state index in [1.807, 2.05) is 6.92 Å². The molecule has 1 N–H and O–H groups in total. The first-order valence-corrected chi connectivity index (χ1v) is 10.1. The SMILES string of the molecule is COCCN(CCOC)S(=O)(=O)c1ccc(C(=O)Nc2cc(C)nn2C)cc1. The van der Waals surface area contributed by atoms with Crippen LogP contribution in [-0.4, -0.2) is 68.9 Å². The molecule has 0 aliphatic heterocycles. The Morgan fingerprint density at radius 1 is 1.14 bits per heavy atom. The molecule has 2 rings (SSSR count). The van der Waals surface area contributed by atoms with E-state index in [-0.39, 0.29) is 37.1 Å². The lowest BCUT2D eigenvalue weighted by Crippen LogP contribution is -2.36. The van der Waals surface area contributed by atoms with Gasteiger partial charge in [0.05, 0.1) is 23.8 Å². The van der Waals surface area contributed by atoms with Crippen molar-refractivity contribution in [3.63, 3.8) is 0 Å². The highest BCUT2D eigenvalue weighted by molar-refractivity contribution is 7.89. The number of nitrogens with one attached hydrogen (secondary N) is 1. The molecule has 1 aromatic carbocycles. The fourth-order valence-corrected chi connectivity index (χ4v) is 3.99. The third kappa shape index (κ3) is 5.38. The smallest absolute Gasteiger partial charge is 0.256 e. The van der Waals surface area contributed by atoms with Crippen molar-refractivity contribution in [3.05, 3.63) is 41.6 Å². The summed E-state index contributed by atoms with van der Waals surface area (Å²) in [5, 5.41) is 6.92. The first-order valence-electron chi connectivity index (χ1n) is 8.69. The zero-order chi connectivity index (χ0) is 20.7. The first kappa shape index (κ1) is 22.0. The average Bonchev–Trinajstić information content (AvgIpc) is 2.98. The number of carbonyl (C=O) groups excluding carboxylic acids is 1. The van der Waals surface area contributed by atoms with Gasteiger partial charge >= 0.3 is 0 Å². The fourth-order valence-electron chi connectivity index (χ4n) is 2.58. The van der Waals surface area contributed by atoms with E-state index in [4.69, 9.17) is 9.47 Å². The Balaban J connectivity index is 2.16. The molecule has 1 heterocycles. The number of aromatic nitrogens is 2. The molecule has 0 unspecified atom stereocenters. The third-order valence-electron chi connectivity index (χ3n) is 4.09. The van der Waals surface area contributed by atoms with E-state index in [1.54, 1.807) is 17.8 Å². The fraction of sp³-hybridized carbons (Fsp3) is 0.444. The number of hydrogen-bond acceptors (Lipinski definition) is 6. The van der Waals surface area contributed by atoms with Crippen molar-refractivity contribution in [1.29, 1.82) is 0 Å². The highest BCUT2D eigenvalue weighted by atomic mass is 32.2. The maximum atomic E-state index is 12.9. The monoisotopic (exact) mass is 410 g/mol. The highest BCUT2D eigenvalue weighted by Crippen LogP contribution is 2.17. The van der Waals surface area contributed by atoms with Gasteiger partial charge in [0.2, 0.25) is 10.0 Å². The summed E-state index contributed by atoms with van der Waals surface area (Å²) in [4.78, 5) is 12.5. The molecule has 0 fully saturated rings. The number of anilines is 1. The van der Waals surface area contributed by atoms with E-state index in [2.05, 4.69) is 10.4 Å². The second kappa shape index (κ2) is 9.78. The summed E-state index contributed by atoms with van der Waals surface area (Å²) in [6.45, 7) is 2.80. The molecule has 0 saturated heterocycles. The number of benzene rings is 1. The molecule has 0 atom stereocenters. The molecular formula is C18H26N4O5S. The number of sulfonamides is 1. The molecule has 0 saturated carbocycles. The minimum absolute atomic E-state index is 0.104. The topological polar surface area (TPSA) is 103 Å². The Bertz CT molecular complexity index is 885. The molecule has 1 aromatic heterocycles. The zero-order valence-electron chi connectivity index (χ0n) is 16.5. The lowest BCUT2D eigenvalue weighted by atomic mass is 10.2. The number of amides is 1. The Hall–Kier alpha value is -2.27. The lowest BCUT2D eigenvalue weighted by Gasteiger charge is -2.21. The number of carbonyl (C=O) groups is 1. The quantitative estimate of drug-likeness (QED) is 0.633. The summed E-state index contributed by atoms with van der Waals surface area (Å²) in [6, 6.07) is 7.56. The van der Waals surface area contributed by atoms with Gasteiger partial charge in [-0.15, -0.1) is 0 Å². The second-order valence-corrected chi connectivity index (χ2v) is 8.10. The van der Waals surface area contributed by atoms with Gasteiger partial charge in [0.25, 0.3) is 5.91 Å². The number of methoxy groups -OCH3 is 2. The van der Waals surface area contributed by atoms with Gasteiger partial charge < -0.3 is 14.8 Å². The maximum Gasteiger partial charge on any atom is 0.256 e. The van der Waals surface area contributed by atoms with Crippen molar-refractivity contribution in [1.82, 2.24) is 14.1 Å². The van der Waals surface area contributed by atoms with E-state index in [1.165, 1.54) is 42.8 Å². The molecule has 0 aliphatic carbocycles. The molecule has 28 heavy (non-hydrogen) atoms. The summed E-state index contributed by atoms with van der Waals surface area (Å²) >= 11 is 0. The molecule has 9 nitrogen and oxygen atoms in total. The van der Waals surface area contributed by atoms with Gasteiger partial charge in [0.1, 0.15) is 5.82 Å². The van der Waals surface area contributed by atoms with Gasteiger partial charge in [-0.05, 0) is 31.2 Å². The van der Waals surface area contributed by atoms with E-state index >= 15 is 0 Å². The van der Waals surface area contributed by atoms with Gasteiger partial charge in [-0.2, -0.15) is 9.40 Å². The van der Waals surface area contributed by atoms with Gasteiger partial charge in [0, 0.05) is 46.0 Å². The predicted molar refractivity (Wildman–Crippen MR) is 105 cm³/mol. The Kier molecular flexibility index (Phi) is 7.69. The van der Waals surface area contributed by atoms with Crippen LogP contribution in [0.5, 0.6) is 0 Å². The van der Waals surface area contributed by atoms with E-state index in [9.17, 15) is 13.2 Å². The third-order valence-corrected chi connectivity index (χ3v) is 6.00. The average molecular weight is 410 g/mol. The molecule has 2 aromatic rings. The Labute approximate surface area is 165 Å². The summed E-state index contributed by atoms with van der Waals surface area (Å²) in [7, 11) is 1.03. The standard InChI is InChI=1S/C18H26N4O5S/c1-14-13-17(21(2)20-14)19-18(23)15-5-7-16(8-6-15)28(24,25)22(9-11-26-3)10-12-27-4/h5-8,13H,9-12H2,1-4H3,(H,19,23). The summed E-state index contributed by atoms with van der Waals surface area (Å²) < 4.78 is 38.6. The van der Waals surface area contributed by atoms with Crippen LogP contribution in [0.2, 0.25) is 0 Å². The number of ether oxygens (including phenoxy) is 2. The minimum Gasteiger partial charge on any atom is -0.383 e. The van der Waals surface area contributed by atoms with Crippen molar-refractivity contribution in [2.75, 3.05) is 45.8 Å². The van der Waals surface area contributed by atoms with Crippen LogP contribution < -0.4 is 5.32 Å². The highest BCUT2D eigenvalue weighted by Gasteiger charge is 2.24. The van der Waals surface area contributed by atoms with Crippen LogP contribution in [0.3, 0.4) is 0 Å². The molecule has 0 spiro atoms. The van der Waals surface area contributed by atoms with Crippen molar-refractivity contribution in [3.8, 4) is 0 Å².